The highest BCUT2D eigenvalue weighted by atomic mass is 16.9. The van der Waals surface area contributed by atoms with Crippen LogP contribution in [0.3, 0.4) is 0 Å². The van der Waals surface area contributed by atoms with E-state index in [9.17, 15) is 10.4 Å². The number of nitrogens with two attached hydrogens (primary N) is 1. The molecule has 0 aliphatic heterocycles. The van der Waals surface area contributed by atoms with Crippen molar-refractivity contribution in [3.8, 4) is 0 Å². The highest BCUT2D eigenvalue weighted by molar-refractivity contribution is 4.44. The normalized spacial score (nSPS) is 11.2. The third kappa shape index (κ3) is 3.93. The summed E-state index contributed by atoms with van der Waals surface area (Å²) in [5, 5.41) is 20.3. The zero-order valence-electron chi connectivity index (χ0n) is 4.40. The summed E-state index contributed by atoms with van der Waals surface area (Å²) >= 11 is 0. The molecule has 0 heterocycles. The highest BCUT2D eigenvalue weighted by Crippen LogP contribution is 1.82. The minimum atomic E-state index is -0.406. The van der Waals surface area contributed by atoms with Gasteiger partial charge in [-0.15, -0.1) is 0 Å². The van der Waals surface area contributed by atoms with Gasteiger partial charge in [-0.3, -0.25) is 0 Å². The first kappa shape index (κ1) is 7.76. The summed E-state index contributed by atoms with van der Waals surface area (Å²) in [6.07, 6.45) is 0. The van der Waals surface area contributed by atoms with Crippen LogP contribution in [0.4, 0.5) is 0 Å². The van der Waals surface area contributed by atoms with E-state index >= 15 is 0 Å². The van der Waals surface area contributed by atoms with Crippen LogP contribution in [0, 0.1) is 10.4 Å². The number of rotatable bonds is 3. The summed E-state index contributed by atoms with van der Waals surface area (Å²) in [5.41, 5.74) is 0. The molecule has 0 rings (SSSR count). The lowest BCUT2D eigenvalue weighted by molar-refractivity contribution is -0.142. The molecule has 0 saturated heterocycles. The monoisotopic (exact) mass is 121 g/mol. The average Bonchev–Trinajstić information content (AvgIpc) is 1.65. The molecule has 0 atom stereocenters. The highest BCUT2D eigenvalue weighted by Gasteiger charge is 1.83. The number of nitrogens with zero attached hydrogens (tertiary/aromatic N) is 2. The van der Waals surface area contributed by atoms with Crippen molar-refractivity contribution < 1.29 is 4.94 Å². The molecule has 0 aromatic carbocycles. The zero-order valence-corrected chi connectivity index (χ0v) is 4.40. The predicted octanol–water partition coefficient (Wildman–Crippen LogP) is -1.02. The van der Waals surface area contributed by atoms with Crippen molar-refractivity contribution >= 4 is 0 Å². The van der Waals surface area contributed by atoms with Crippen LogP contribution in [0.5, 0.6) is 0 Å². The van der Waals surface area contributed by atoms with Gasteiger partial charge in [-0.2, -0.15) is 5.90 Å². The van der Waals surface area contributed by atoms with Gasteiger partial charge in [-0.1, -0.05) is 0 Å². The zero-order chi connectivity index (χ0) is 6.57. The molecule has 0 aliphatic rings. The van der Waals surface area contributed by atoms with Gasteiger partial charge in [0.05, 0.1) is 6.67 Å². The van der Waals surface area contributed by atoms with Gasteiger partial charge in [0, 0.05) is 0 Å². The van der Waals surface area contributed by atoms with Gasteiger partial charge in [0.15, 0.2) is 0 Å². The van der Waals surface area contributed by atoms with Crippen LogP contribution in [0.25, 0.3) is 0 Å². The van der Waals surface area contributed by atoms with Crippen molar-refractivity contribution in [2.75, 3.05) is 13.7 Å². The van der Waals surface area contributed by atoms with E-state index in [1.54, 1.807) is 0 Å². The van der Waals surface area contributed by atoms with Crippen molar-refractivity contribution in [2.45, 2.75) is 0 Å². The molecule has 0 aromatic heterocycles. The van der Waals surface area contributed by atoms with Crippen molar-refractivity contribution in [2.24, 2.45) is 5.90 Å². The second kappa shape index (κ2) is 3.72. The van der Waals surface area contributed by atoms with E-state index in [4.69, 9.17) is 0 Å². The Bertz CT molecular complexity index is 58.5. The van der Waals surface area contributed by atoms with Gasteiger partial charge in [-0.05, 0) is 7.05 Å². The third-order valence-corrected chi connectivity index (χ3v) is 0.432. The van der Waals surface area contributed by atoms with E-state index in [1.807, 2.05) is 0 Å². The molecule has 0 unspecified atom stereocenters. The summed E-state index contributed by atoms with van der Waals surface area (Å²) in [5.74, 6) is 4.37. The lowest BCUT2D eigenvalue weighted by Crippen LogP contribution is -2.30. The van der Waals surface area contributed by atoms with Crippen LogP contribution in [-0.4, -0.2) is 24.0 Å². The maximum absolute atomic E-state index is 9.95. The van der Waals surface area contributed by atoms with E-state index in [0.29, 0.717) is 5.06 Å². The lowest BCUT2D eigenvalue weighted by atomic mass is 11.0. The summed E-state index contributed by atoms with van der Waals surface area (Å²) in [4.78, 5) is 3.60. The van der Waals surface area contributed by atoms with Gasteiger partial charge in [0.2, 0.25) is 0 Å². The second-order valence-corrected chi connectivity index (χ2v) is 1.21. The minimum Gasteiger partial charge on any atom is -0.784 e. The first-order valence-corrected chi connectivity index (χ1v) is 1.86. The fourth-order valence-corrected chi connectivity index (χ4v) is 0.196. The first-order valence-electron chi connectivity index (χ1n) is 1.86. The first-order chi connectivity index (χ1) is 3.66. The standard InChI is InChI=1S/C2H7N3O3/c1-4(6)2-5(7)8-3/h2-3H2,1H3/q-2. The molecular formula is C2H7N3O3-2. The lowest BCUT2D eigenvalue weighted by Gasteiger charge is -2.32. The fourth-order valence-electron chi connectivity index (χ4n) is 0.196. The van der Waals surface area contributed by atoms with E-state index in [2.05, 4.69) is 10.8 Å². The molecule has 0 radical (unpaired) electrons. The quantitative estimate of drug-likeness (QED) is 0.379. The Morgan fingerprint density at radius 1 is 1.62 bits per heavy atom. The van der Waals surface area contributed by atoms with Crippen molar-refractivity contribution in [3.63, 3.8) is 0 Å². The summed E-state index contributed by atoms with van der Waals surface area (Å²) in [6.45, 7) is -0.406. The van der Waals surface area contributed by atoms with E-state index in [0.717, 1.165) is 0 Å². The largest absolute Gasteiger partial charge is 0.784 e. The summed E-state index contributed by atoms with van der Waals surface area (Å²) in [6, 6.07) is 0. The second-order valence-electron chi connectivity index (χ2n) is 1.21. The predicted molar refractivity (Wildman–Crippen MR) is 26.5 cm³/mol. The van der Waals surface area contributed by atoms with Crippen LogP contribution in [0.2, 0.25) is 0 Å². The molecule has 0 amide bonds. The molecule has 0 spiro atoms. The number of hydrogen-bond donors (Lipinski definition) is 1. The van der Waals surface area contributed by atoms with Gasteiger partial charge < -0.3 is 15.5 Å². The van der Waals surface area contributed by atoms with Gasteiger partial charge >= 0.3 is 0 Å². The van der Waals surface area contributed by atoms with Crippen LogP contribution in [0.15, 0.2) is 0 Å². The molecule has 0 saturated carbocycles. The van der Waals surface area contributed by atoms with Gasteiger partial charge in [0.25, 0.3) is 0 Å². The Balaban J connectivity index is 3.10. The average molecular weight is 121 g/mol. The van der Waals surface area contributed by atoms with Gasteiger partial charge in [0.1, 0.15) is 0 Å². The smallest absolute Gasteiger partial charge is 0.0525 e. The third-order valence-electron chi connectivity index (χ3n) is 0.432. The van der Waals surface area contributed by atoms with Gasteiger partial charge in [-0.25, -0.2) is 10.2 Å². The molecule has 6 heteroatoms. The topological polar surface area (TPSA) is 87.8 Å². The van der Waals surface area contributed by atoms with Crippen molar-refractivity contribution in [3.05, 3.63) is 10.4 Å². The van der Waals surface area contributed by atoms with Crippen LogP contribution >= 0.6 is 0 Å². The number of hydrogen-bond acceptors (Lipinski definition) is 6. The van der Waals surface area contributed by atoms with Crippen molar-refractivity contribution in [1.82, 2.24) is 10.3 Å². The fraction of sp³-hybridized carbons (Fsp3) is 1.00. The van der Waals surface area contributed by atoms with E-state index in [1.165, 1.54) is 7.05 Å². The molecule has 2 N–H and O–H groups in total. The van der Waals surface area contributed by atoms with Crippen LogP contribution < -0.4 is 5.90 Å². The Labute approximate surface area is 46.5 Å². The maximum atomic E-state index is 9.95. The molecule has 0 bridgehead atoms. The molecule has 6 nitrogen and oxygen atoms in total. The maximum Gasteiger partial charge on any atom is 0.0525 e. The van der Waals surface area contributed by atoms with Crippen molar-refractivity contribution in [1.29, 1.82) is 0 Å². The molecule has 0 fully saturated rings. The molecular weight excluding hydrogens is 114 g/mol. The molecule has 50 valence electrons. The molecule has 0 aliphatic carbocycles. The molecule has 0 aromatic rings. The Kier molecular flexibility index (Phi) is 3.61. The Morgan fingerprint density at radius 2 is 2.12 bits per heavy atom. The Hall–Kier alpha value is -0.240. The SMILES string of the molecule is CN([O-])CN([O-])ON. The minimum absolute atomic E-state index is 0.0347. The van der Waals surface area contributed by atoms with E-state index in [-0.39, 0.29) is 5.23 Å². The summed E-state index contributed by atoms with van der Waals surface area (Å²) in [7, 11) is 1.18. The Morgan fingerprint density at radius 3 is 2.25 bits per heavy atom. The molecule has 8 heavy (non-hydrogen) atoms. The van der Waals surface area contributed by atoms with E-state index < -0.39 is 6.67 Å². The summed E-state index contributed by atoms with van der Waals surface area (Å²) < 4.78 is 0. The number of hydroxylamine groups is 4. The van der Waals surface area contributed by atoms with Crippen LogP contribution in [-0.2, 0) is 4.94 Å². The van der Waals surface area contributed by atoms with Crippen LogP contribution in [0.1, 0.15) is 0 Å².